The van der Waals surface area contributed by atoms with E-state index in [1.54, 1.807) is 43.7 Å². The maximum atomic E-state index is 12.2. The van der Waals surface area contributed by atoms with E-state index in [0.29, 0.717) is 5.69 Å². The highest BCUT2D eigenvalue weighted by molar-refractivity contribution is 6.01. The number of carbonyl (C=O) groups is 1. The molecule has 0 fully saturated rings. The normalized spacial score (nSPS) is 23.2. The number of hydrogen-bond donors (Lipinski definition) is 2. The summed E-state index contributed by atoms with van der Waals surface area (Å²) in [6, 6.07) is 5.17. The van der Waals surface area contributed by atoms with Crippen LogP contribution in [0.3, 0.4) is 0 Å². The number of aliphatic hydroxyl groups is 1. The van der Waals surface area contributed by atoms with E-state index in [1.165, 1.54) is 4.90 Å². The first-order valence-electron chi connectivity index (χ1n) is 4.96. The number of aromatic nitrogens is 1. The summed E-state index contributed by atoms with van der Waals surface area (Å²) in [5, 5.41) is 12.1. The van der Waals surface area contributed by atoms with Gasteiger partial charge in [-0.05, 0) is 19.1 Å². The van der Waals surface area contributed by atoms with Gasteiger partial charge in [0, 0.05) is 18.6 Å². The summed E-state index contributed by atoms with van der Waals surface area (Å²) >= 11 is 0. The summed E-state index contributed by atoms with van der Waals surface area (Å²) in [5.74, 6) is -0.174. The zero-order chi connectivity index (χ0) is 11.6. The van der Waals surface area contributed by atoms with Crippen molar-refractivity contribution in [3.05, 3.63) is 42.5 Å². The number of Topliss-reactive ketones (excluding diaryl/α,β-unsaturated/α-hetero) is 1. The van der Waals surface area contributed by atoms with Crippen LogP contribution in [0, 0.1) is 0 Å². The van der Waals surface area contributed by atoms with Crippen LogP contribution in [0.25, 0.3) is 0 Å². The van der Waals surface area contributed by atoms with Gasteiger partial charge in [0.2, 0.25) is 5.78 Å². The van der Waals surface area contributed by atoms with E-state index in [9.17, 15) is 4.79 Å². The third kappa shape index (κ3) is 1.55. The molecule has 1 aromatic heterocycles. The van der Waals surface area contributed by atoms with Crippen molar-refractivity contribution in [3.63, 3.8) is 0 Å². The van der Waals surface area contributed by atoms with Crippen molar-refractivity contribution >= 4 is 5.78 Å². The Labute approximate surface area is 93.4 Å². The lowest BCUT2D eigenvalue weighted by Crippen LogP contribution is -2.55. The van der Waals surface area contributed by atoms with Crippen LogP contribution in [0.4, 0.5) is 0 Å². The van der Waals surface area contributed by atoms with Gasteiger partial charge in [-0.25, -0.2) is 0 Å². The highest BCUT2D eigenvalue weighted by atomic mass is 16.3. The van der Waals surface area contributed by atoms with Crippen molar-refractivity contribution in [3.8, 4) is 0 Å². The van der Waals surface area contributed by atoms with Crippen LogP contribution in [-0.2, 0) is 0 Å². The maximum absolute atomic E-state index is 12.2. The van der Waals surface area contributed by atoms with Gasteiger partial charge >= 0.3 is 0 Å². The Bertz CT molecular complexity index is 418. The zero-order valence-electron chi connectivity index (χ0n) is 8.92. The van der Waals surface area contributed by atoms with Crippen LogP contribution < -0.4 is 5.32 Å². The number of nitrogens with one attached hydrogen (secondary N) is 1. The topological polar surface area (TPSA) is 65.5 Å². The molecule has 0 bridgehead atoms. The van der Waals surface area contributed by atoms with Crippen LogP contribution in [0.15, 0.2) is 36.8 Å². The first-order valence-corrected chi connectivity index (χ1v) is 4.96. The zero-order valence-corrected chi connectivity index (χ0v) is 8.92. The Morgan fingerprint density at radius 3 is 3.06 bits per heavy atom. The second-order valence-electron chi connectivity index (χ2n) is 3.69. The molecule has 0 saturated heterocycles. The van der Waals surface area contributed by atoms with Crippen LogP contribution in [0.1, 0.15) is 17.4 Å². The van der Waals surface area contributed by atoms with Gasteiger partial charge in [0.25, 0.3) is 0 Å². The molecule has 1 atom stereocenters. The first kappa shape index (κ1) is 10.6. The van der Waals surface area contributed by atoms with Gasteiger partial charge in [-0.2, -0.15) is 0 Å². The molecule has 5 nitrogen and oxygen atoms in total. The molecule has 0 aliphatic carbocycles. The minimum Gasteiger partial charge on any atom is -0.376 e. The van der Waals surface area contributed by atoms with Gasteiger partial charge < -0.3 is 15.3 Å². The lowest BCUT2D eigenvalue weighted by Gasteiger charge is -2.33. The molecule has 1 aliphatic rings. The lowest BCUT2D eigenvalue weighted by molar-refractivity contribution is 0.0441. The fraction of sp³-hybridized carbons (Fsp3) is 0.273. The molecule has 2 heterocycles. The molecule has 1 unspecified atom stereocenters. The Morgan fingerprint density at radius 1 is 1.62 bits per heavy atom. The molecule has 0 aromatic carbocycles. The summed E-state index contributed by atoms with van der Waals surface area (Å²) in [7, 11) is 0. The predicted octanol–water partition coefficient (Wildman–Crippen LogP) is 0.307. The van der Waals surface area contributed by atoms with Crippen molar-refractivity contribution in [1.29, 1.82) is 0 Å². The van der Waals surface area contributed by atoms with Crippen LogP contribution >= 0.6 is 0 Å². The first-order chi connectivity index (χ1) is 7.68. The van der Waals surface area contributed by atoms with E-state index in [0.717, 1.165) is 0 Å². The average molecular weight is 219 g/mol. The maximum Gasteiger partial charge on any atom is 0.226 e. The number of hydrogen-bond acceptors (Lipinski definition) is 5. The highest BCUT2D eigenvalue weighted by Gasteiger charge is 2.40. The number of nitrogens with zero attached hydrogens (tertiary/aromatic N) is 2. The van der Waals surface area contributed by atoms with Gasteiger partial charge in [0.15, 0.2) is 5.66 Å². The number of rotatable bonds is 3. The van der Waals surface area contributed by atoms with Crippen LogP contribution in [0.2, 0.25) is 0 Å². The molecule has 16 heavy (non-hydrogen) atoms. The van der Waals surface area contributed by atoms with Gasteiger partial charge in [-0.3, -0.25) is 9.78 Å². The molecule has 1 aromatic rings. The van der Waals surface area contributed by atoms with Gasteiger partial charge in [0.05, 0.1) is 0 Å². The van der Waals surface area contributed by atoms with E-state index in [4.69, 9.17) is 5.11 Å². The monoisotopic (exact) mass is 219 g/mol. The Balaban J connectivity index is 2.29. The SMILES string of the molecule is CC1(C(=O)c2ccccn2)NC=CN1CO. The van der Waals surface area contributed by atoms with E-state index in [1.807, 2.05) is 0 Å². The van der Waals surface area contributed by atoms with Crippen LogP contribution in [-0.4, -0.2) is 33.2 Å². The largest absolute Gasteiger partial charge is 0.376 e. The minimum absolute atomic E-state index is 0.174. The van der Waals surface area contributed by atoms with Crippen LogP contribution in [0.5, 0.6) is 0 Å². The minimum atomic E-state index is -0.955. The van der Waals surface area contributed by atoms with E-state index >= 15 is 0 Å². The van der Waals surface area contributed by atoms with Crippen molar-refractivity contribution < 1.29 is 9.90 Å². The molecule has 1 aliphatic heterocycles. The standard InChI is InChI=1S/C11H13N3O2/c1-11(13-6-7-14(11)8-15)10(16)9-4-2-3-5-12-9/h2-7,13,15H,8H2,1H3. The number of aliphatic hydroxyl groups excluding tert-OH is 1. The molecule has 5 heteroatoms. The number of ketones is 1. The molecule has 0 amide bonds. The highest BCUT2D eigenvalue weighted by Crippen LogP contribution is 2.21. The molecule has 2 N–H and O–H groups in total. The van der Waals surface area contributed by atoms with Gasteiger partial charge in [0.1, 0.15) is 12.4 Å². The Morgan fingerprint density at radius 2 is 2.44 bits per heavy atom. The third-order valence-corrected chi connectivity index (χ3v) is 2.69. The summed E-state index contributed by atoms with van der Waals surface area (Å²) in [6.45, 7) is 1.48. The molecule has 2 rings (SSSR count). The molecule has 84 valence electrons. The third-order valence-electron chi connectivity index (χ3n) is 2.69. The molecule has 0 spiro atoms. The van der Waals surface area contributed by atoms with Crippen molar-refractivity contribution in [1.82, 2.24) is 15.2 Å². The van der Waals surface area contributed by atoms with Gasteiger partial charge in [-0.15, -0.1) is 0 Å². The Kier molecular flexibility index (Phi) is 2.62. The quantitative estimate of drug-likeness (QED) is 0.716. The lowest BCUT2D eigenvalue weighted by atomic mass is 10.0. The molecule has 0 saturated carbocycles. The summed E-state index contributed by atoms with van der Waals surface area (Å²) in [4.78, 5) is 17.7. The second kappa shape index (κ2) is 3.94. The van der Waals surface area contributed by atoms with Gasteiger partial charge in [-0.1, -0.05) is 6.07 Å². The van der Waals surface area contributed by atoms with Crippen molar-refractivity contribution in [2.24, 2.45) is 0 Å². The van der Waals surface area contributed by atoms with E-state index in [-0.39, 0.29) is 12.5 Å². The number of pyridine rings is 1. The van der Waals surface area contributed by atoms with Crippen molar-refractivity contribution in [2.45, 2.75) is 12.6 Å². The number of carbonyl (C=O) groups excluding carboxylic acids is 1. The Hall–Kier alpha value is -1.88. The second-order valence-corrected chi connectivity index (χ2v) is 3.69. The summed E-state index contributed by atoms with van der Waals surface area (Å²) in [6.07, 6.45) is 4.85. The fourth-order valence-corrected chi connectivity index (χ4v) is 1.65. The smallest absolute Gasteiger partial charge is 0.226 e. The predicted molar refractivity (Wildman–Crippen MR) is 58.2 cm³/mol. The van der Waals surface area contributed by atoms with E-state index < -0.39 is 5.66 Å². The fourth-order valence-electron chi connectivity index (χ4n) is 1.65. The summed E-state index contributed by atoms with van der Waals surface area (Å²) < 4.78 is 0. The summed E-state index contributed by atoms with van der Waals surface area (Å²) in [5.41, 5.74) is -0.581. The molecular weight excluding hydrogens is 206 g/mol. The van der Waals surface area contributed by atoms with E-state index in [2.05, 4.69) is 10.3 Å². The molecule has 0 radical (unpaired) electrons. The van der Waals surface area contributed by atoms with Crippen molar-refractivity contribution in [2.75, 3.05) is 6.73 Å². The average Bonchev–Trinajstić information content (AvgIpc) is 2.72. The molecular formula is C11H13N3O2.